The molecule has 0 unspecified atom stereocenters. The Balaban J connectivity index is 2.31. The minimum atomic E-state index is -1.08. The standard InChI is InChI=1S/C14H13NO4/c1-2-9-5-6-11-10(8-9)13(18)14(19)15(11)7-3-4-12(16)17/h3-6,8H,2,7H2,1H3,(H,16,17). The third kappa shape index (κ3) is 2.40. The number of benzene rings is 1. The maximum Gasteiger partial charge on any atom is 0.328 e. The van der Waals surface area contributed by atoms with Gasteiger partial charge in [0.2, 0.25) is 0 Å². The highest BCUT2D eigenvalue weighted by atomic mass is 16.4. The Morgan fingerprint density at radius 2 is 2.11 bits per heavy atom. The molecule has 1 aliphatic heterocycles. The van der Waals surface area contributed by atoms with Crippen LogP contribution in [0.2, 0.25) is 0 Å². The molecule has 0 bridgehead atoms. The molecule has 19 heavy (non-hydrogen) atoms. The lowest BCUT2D eigenvalue weighted by Crippen LogP contribution is -2.29. The predicted molar refractivity (Wildman–Crippen MR) is 69.3 cm³/mol. The fourth-order valence-electron chi connectivity index (χ4n) is 2.01. The lowest BCUT2D eigenvalue weighted by Gasteiger charge is -2.13. The predicted octanol–water partition coefficient (Wildman–Crippen LogP) is 1.42. The number of amides is 1. The van der Waals surface area contributed by atoms with Crippen LogP contribution in [-0.2, 0) is 16.0 Å². The van der Waals surface area contributed by atoms with Gasteiger partial charge in [-0.25, -0.2) is 4.79 Å². The van der Waals surface area contributed by atoms with E-state index in [1.807, 2.05) is 13.0 Å². The number of carbonyl (C=O) groups is 3. The summed E-state index contributed by atoms with van der Waals surface area (Å²) in [4.78, 5) is 35.4. The van der Waals surface area contributed by atoms with Gasteiger partial charge in [-0.15, -0.1) is 0 Å². The van der Waals surface area contributed by atoms with Crippen LogP contribution >= 0.6 is 0 Å². The molecule has 0 saturated heterocycles. The number of hydrogen-bond donors (Lipinski definition) is 1. The maximum atomic E-state index is 11.8. The Morgan fingerprint density at radius 3 is 2.74 bits per heavy atom. The zero-order chi connectivity index (χ0) is 14.0. The smallest absolute Gasteiger partial charge is 0.328 e. The van der Waals surface area contributed by atoms with Crippen LogP contribution in [-0.4, -0.2) is 29.3 Å². The van der Waals surface area contributed by atoms with E-state index in [4.69, 9.17) is 5.11 Å². The van der Waals surface area contributed by atoms with Gasteiger partial charge in [0.25, 0.3) is 11.7 Å². The molecule has 5 heteroatoms. The Hall–Kier alpha value is -2.43. The van der Waals surface area contributed by atoms with E-state index in [9.17, 15) is 14.4 Å². The molecule has 0 radical (unpaired) electrons. The number of rotatable bonds is 4. The van der Waals surface area contributed by atoms with Gasteiger partial charge in [-0.05, 0) is 24.1 Å². The van der Waals surface area contributed by atoms with Crippen molar-refractivity contribution in [3.05, 3.63) is 41.5 Å². The van der Waals surface area contributed by atoms with Crippen LogP contribution < -0.4 is 4.90 Å². The van der Waals surface area contributed by atoms with Crippen molar-refractivity contribution in [3.8, 4) is 0 Å². The van der Waals surface area contributed by atoms with Gasteiger partial charge in [-0.1, -0.05) is 19.1 Å². The topological polar surface area (TPSA) is 74.7 Å². The van der Waals surface area contributed by atoms with Crippen LogP contribution in [0.4, 0.5) is 5.69 Å². The number of aryl methyl sites for hydroxylation is 1. The first-order valence-corrected chi connectivity index (χ1v) is 5.93. The Bertz CT molecular complexity index is 589. The van der Waals surface area contributed by atoms with Crippen molar-refractivity contribution in [2.75, 3.05) is 11.4 Å². The Morgan fingerprint density at radius 1 is 1.37 bits per heavy atom. The molecule has 0 saturated carbocycles. The number of carboxylic acid groups (broad SMARTS) is 1. The molecule has 1 heterocycles. The molecule has 1 aromatic rings. The van der Waals surface area contributed by atoms with Gasteiger partial charge < -0.3 is 10.0 Å². The van der Waals surface area contributed by atoms with Gasteiger partial charge in [0, 0.05) is 12.6 Å². The molecule has 0 spiro atoms. The second-order valence-electron chi connectivity index (χ2n) is 4.19. The molecule has 1 aromatic carbocycles. The highest BCUT2D eigenvalue weighted by Gasteiger charge is 2.35. The number of carboxylic acids is 1. The zero-order valence-corrected chi connectivity index (χ0v) is 10.4. The minimum absolute atomic E-state index is 0.0787. The number of ketones is 1. The summed E-state index contributed by atoms with van der Waals surface area (Å²) in [6, 6.07) is 5.31. The second kappa shape index (κ2) is 5.06. The number of fused-ring (bicyclic) bond motifs is 1. The third-order valence-electron chi connectivity index (χ3n) is 2.99. The molecule has 0 aromatic heterocycles. The molecule has 0 fully saturated rings. The molecule has 2 rings (SSSR count). The van der Waals surface area contributed by atoms with Gasteiger partial charge in [-0.3, -0.25) is 9.59 Å². The van der Waals surface area contributed by atoms with Crippen molar-refractivity contribution < 1.29 is 19.5 Å². The van der Waals surface area contributed by atoms with Crippen LogP contribution in [0.1, 0.15) is 22.8 Å². The van der Waals surface area contributed by atoms with E-state index < -0.39 is 17.7 Å². The Kier molecular flexibility index (Phi) is 3.46. The number of nitrogens with zero attached hydrogens (tertiary/aromatic N) is 1. The summed E-state index contributed by atoms with van der Waals surface area (Å²) in [5.74, 6) is -2.23. The number of Topliss-reactive ketones (excluding diaryl/α,β-unsaturated/α-hetero) is 1. The number of hydrogen-bond acceptors (Lipinski definition) is 3. The van der Waals surface area contributed by atoms with Crippen LogP contribution in [0.15, 0.2) is 30.4 Å². The number of anilines is 1. The lowest BCUT2D eigenvalue weighted by atomic mass is 10.1. The normalized spacial score (nSPS) is 14.3. The lowest BCUT2D eigenvalue weighted by molar-refractivity contribution is -0.131. The van der Waals surface area contributed by atoms with Gasteiger partial charge in [0.1, 0.15) is 0 Å². The van der Waals surface area contributed by atoms with Gasteiger partial charge >= 0.3 is 5.97 Å². The Labute approximate surface area is 110 Å². The van der Waals surface area contributed by atoms with Gasteiger partial charge in [-0.2, -0.15) is 0 Å². The summed E-state index contributed by atoms with van der Waals surface area (Å²) in [7, 11) is 0. The maximum absolute atomic E-state index is 11.8. The van der Waals surface area contributed by atoms with Gasteiger partial charge in [0.05, 0.1) is 11.3 Å². The molecule has 1 aliphatic rings. The highest BCUT2D eigenvalue weighted by molar-refractivity contribution is 6.52. The van der Waals surface area contributed by atoms with Crippen LogP contribution in [0.25, 0.3) is 0 Å². The van der Waals surface area contributed by atoms with Crippen LogP contribution in [0.3, 0.4) is 0 Å². The molecular formula is C14H13NO4. The van der Waals surface area contributed by atoms with E-state index in [1.165, 1.54) is 11.0 Å². The summed E-state index contributed by atoms with van der Waals surface area (Å²) in [5, 5.41) is 8.51. The molecule has 0 atom stereocenters. The summed E-state index contributed by atoms with van der Waals surface area (Å²) in [6.07, 6.45) is 3.08. The molecule has 5 nitrogen and oxygen atoms in total. The van der Waals surface area contributed by atoms with Crippen molar-refractivity contribution in [2.24, 2.45) is 0 Å². The molecular weight excluding hydrogens is 246 g/mol. The number of carbonyl (C=O) groups excluding carboxylic acids is 2. The molecule has 0 aliphatic carbocycles. The third-order valence-corrected chi connectivity index (χ3v) is 2.99. The summed E-state index contributed by atoms with van der Waals surface area (Å²) in [5.41, 5.74) is 1.93. The fraction of sp³-hybridized carbons (Fsp3) is 0.214. The van der Waals surface area contributed by atoms with Crippen molar-refractivity contribution in [1.82, 2.24) is 0 Å². The van der Waals surface area contributed by atoms with E-state index in [0.29, 0.717) is 11.3 Å². The fourth-order valence-corrected chi connectivity index (χ4v) is 2.01. The van der Waals surface area contributed by atoms with E-state index in [1.54, 1.807) is 12.1 Å². The second-order valence-corrected chi connectivity index (χ2v) is 4.19. The summed E-state index contributed by atoms with van der Waals surface area (Å²) in [6.45, 7) is 2.05. The SMILES string of the molecule is CCc1ccc2c(c1)C(=O)C(=O)N2CC=CC(=O)O. The van der Waals surface area contributed by atoms with Crippen molar-refractivity contribution in [2.45, 2.75) is 13.3 Å². The average Bonchev–Trinajstić information content (AvgIpc) is 2.63. The number of aliphatic carboxylic acids is 1. The first-order valence-electron chi connectivity index (χ1n) is 5.93. The van der Waals surface area contributed by atoms with Crippen molar-refractivity contribution in [3.63, 3.8) is 0 Å². The quantitative estimate of drug-likeness (QED) is 0.655. The molecule has 1 amide bonds. The average molecular weight is 259 g/mol. The first kappa shape index (κ1) is 13.0. The van der Waals surface area contributed by atoms with E-state index in [-0.39, 0.29) is 6.54 Å². The van der Waals surface area contributed by atoms with Crippen molar-refractivity contribution in [1.29, 1.82) is 0 Å². The minimum Gasteiger partial charge on any atom is -0.478 e. The largest absolute Gasteiger partial charge is 0.478 e. The van der Waals surface area contributed by atoms with Crippen LogP contribution in [0, 0.1) is 0 Å². The van der Waals surface area contributed by atoms with Crippen LogP contribution in [0.5, 0.6) is 0 Å². The summed E-state index contributed by atoms with van der Waals surface area (Å²) >= 11 is 0. The first-order chi connectivity index (χ1) is 9.04. The van der Waals surface area contributed by atoms with E-state index in [0.717, 1.165) is 18.1 Å². The van der Waals surface area contributed by atoms with E-state index in [2.05, 4.69) is 0 Å². The van der Waals surface area contributed by atoms with Crippen molar-refractivity contribution >= 4 is 23.3 Å². The monoisotopic (exact) mass is 259 g/mol. The van der Waals surface area contributed by atoms with Gasteiger partial charge in [0.15, 0.2) is 0 Å². The zero-order valence-electron chi connectivity index (χ0n) is 10.4. The molecule has 98 valence electrons. The highest BCUT2D eigenvalue weighted by Crippen LogP contribution is 2.29. The molecule has 1 N–H and O–H groups in total. The van der Waals surface area contributed by atoms with E-state index >= 15 is 0 Å². The summed E-state index contributed by atoms with van der Waals surface area (Å²) < 4.78 is 0.